The molecule has 5 aromatic rings. The van der Waals surface area contributed by atoms with Gasteiger partial charge in [-0.15, -0.1) is 0 Å². The largest absolute Gasteiger partial charge is 0.494 e. The molecule has 6 rings (SSSR count). The molecule has 0 saturated carbocycles. The van der Waals surface area contributed by atoms with Crippen LogP contribution in [0, 0.1) is 6.92 Å². The topological polar surface area (TPSA) is 93.3 Å². The maximum atomic E-state index is 13.3. The van der Waals surface area contributed by atoms with Gasteiger partial charge in [0.05, 0.1) is 24.7 Å². The summed E-state index contributed by atoms with van der Waals surface area (Å²) in [5.41, 5.74) is 4.85. The molecule has 0 radical (unpaired) electrons. The van der Waals surface area contributed by atoms with Gasteiger partial charge in [0, 0.05) is 37.9 Å². The number of hydrogen-bond acceptors (Lipinski definition) is 6. The van der Waals surface area contributed by atoms with Crippen molar-refractivity contribution in [2.24, 2.45) is 0 Å². The number of imidazole rings is 1. The Hall–Kier alpha value is -4.86. The first-order chi connectivity index (χ1) is 19.1. The Bertz CT molecular complexity index is 1600. The summed E-state index contributed by atoms with van der Waals surface area (Å²) >= 11 is 0. The molecule has 0 spiro atoms. The number of para-hydroxylation sites is 2. The van der Waals surface area contributed by atoms with E-state index in [1.54, 1.807) is 18.1 Å². The fourth-order valence-electron chi connectivity index (χ4n) is 4.95. The average molecular weight is 523 g/mol. The van der Waals surface area contributed by atoms with Gasteiger partial charge in [0.1, 0.15) is 23.6 Å². The highest BCUT2D eigenvalue weighted by Crippen LogP contribution is 2.29. The molecule has 2 amide bonds. The van der Waals surface area contributed by atoms with Crippen molar-refractivity contribution >= 4 is 28.7 Å². The van der Waals surface area contributed by atoms with Crippen LogP contribution in [0.4, 0.5) is 16.4 Å². The Labute approximate surface area is 226 Å². The number of carbonyl (C=O) groups excluding carboxylic acids is 1. The number of fused-ring (bicyclic) bond motifs is 1. The lowest BCUT2D eigenvalue weighted by molar-refractivity contribution is 0.208. The number of carbonyl (C=O) groups is 1. The molecule has 1 aliphatic heterocycles. The number of piperazine rings is 1. The van der Waals surface area contributed by atoms with Gasteiger partial charge in [-0.2, -0.15) is 5.10 Å². The van der Waals surface area contributed by atoms with Gasteiger partial charge in [-0.1, -0.05) is 42.5 Å². The van der Waals surface area contributed by atoms with Crippen molar-refractivity contribution in [2.45, 2.75) is 13.5 Å². The molecule has 10 heteroatoms. The summed E-state index contributed by atoms with van der Waals surface area (Å²) in [6.45, 7) is 5.08. The van der Waals surface area contributed by atoms with Crippen molar-refractivity contribution in [3.05, 3.63) is 90.5 Å². The van der Waals surface area contributed by atoms with Crippen LogP contribution in [-0.2, 0) is 6.54 Å². The van der Waals surface area contributed by atoms with E-state index >= 15 is 0 Å². The van der Waals surface area contributed by atoms with Gasteiger partial charge in [-0.25, -0.2) is 19.4 Å². The minimum Gasteiger partial charge on any atom is -0.494 e. The van der Waals surface area contributed by atoms with Crippen molar-refractivity contribution in [2.75, 3.05) is 43.5 Å². The summed E-state index contributed by atoms with van der Waals surface area (Å²) in [7, 11) is 1.65. The molecule has 0 atom stereocenters. The van der Waals surface area contributed by atoms with E-state index in [0.717, 1.165) is 33.7 Å². The summed E-state index contributed by atoms with van der Waals surface area (Å²) in [6.07, 6.45) is 1.68. The quantitative estimate of drug-likeness (QED) is 0.357. The number of rotatable bonds is 6. The summed E-state index contributed by atoms with van der Waals surface area (Å²) in [4.78, 5) is 26.3. The zero-order chi connectivity index (χ0) is 26.8. The lowest BCUT2D eigenvalue weighted by atomic mass is 10.2. The van der Waals surface area contributed by atoms with E-state index in [-0.39, 0.29) is 6.03 Å². The number of anilines is 2. The Morgan fingerprint density at radius 3 is 2.49 bits per heavy atom. The summed E-state index contributed by atoms with van der Waals surface area (Å²) in [5.74, 6) is 1.97. The van der Waals surface area contributed by atoms with Crippen molar-refractivity contribution in [1.29, 1.82) is 0 Å². The third-order valence-electron chi connectivity index (χ3n) is 7.01. The molecule has 0 bridgehead atoms. The second kappa shape index (κ2) is 10.5. The number of nitrogens with one attached hydrogen (secondary N) is 1. The summed E-state index contributed by atoms with van der Waals surface area (Å²) in [5, 5.41) is 7.47. The Morgan fingerprint density at radius 2 is 1.74 bits per heavy atom. The van der Waals surface area contributed by atoms with E-state index in [4.69, 9.17) is 9.72 Å². The second-order valence-corrected chi connectivity index (χ2v) is 9.49. The number of hydrogen-bond donors (Lipinski definition) is 1. The molecule has 1 aliphatic rings. The highest BCUT2D eigenvalue weighted by molar-refractivity contribution is 5.90. The van der Waals surface area contributed by atoms with E-state index < -0.39 is 0 Å². The summed E-state index contributed by atoms with van der Waals surface area (Å²) in [6, 6.07) is 24.0. The van der Waals surface area contributed by atoms with Gasteiger partial charge in [-0.3, -0.25) is 5.32 Å². The molecule has 198 valence electrons. The zero-order valence-corrected chi connectivity index (χ0v) is 22.0. The number of benzene rings is 3. The number of methoxy groups -OCH3 is 1. The monoisotopic (exact) mass is 522 g/mol. The van der Waals surface area contributed by atoms with Crippen LogP contribution in [-0.4, -0.2) is 68.5 Å². The molecule has 10 nitrogen and oxygen atoms in total. The van der Waals surface area contributed by atoms with Crippen LogP contribution in [0.3, 0.4) is 0 Å². The van der Waals surface area contributed by atoms with Gasteiger partial charge >= 0.3 is 6.03 Å². The molecule has 1 N–H and O–H groups in total. The average Bonchev–Trinajstić information content (AvgIpc) is 3.56. The van der Waals surface area contributed by atoms with Gasteiger partial charge in [0.25, 0.3) is 0 Å². The molecule has 0 unspecified atom stereocenters. The van der Waals surface area contributed by atoms with Gasteiger partial charge in [-0.05, 0) is 36.8 Å². The van der Waals surface area contributed by atoms with Crippen LogP contribution in [0.1, 0.15) is 11.4 Å². The maximum Gasteiger partial charge on any atom is 0.324 e. The van der Waals surface area contributed by atoms with Gasteiger partial charge in [0.2, 0.25) is 5.95 Å². The molecule has 1 fully saturated rings. The molecule has 39 heavy (non-hydrogen) atoms. The van der Waals surface area contributed by atoms with Gasteiger partial charge < -0.3 is 19.1 Å². The maximum absolute atomic E-state index is 13.3. The van der Waals surface area contributed by atoms with Crippen LogP contribution >= 0.6 is 0 Å². The predicted octanol–water partition coefficient (Wildman–Crippen LogP) is 4.34. The number of aryl methyl sites for hydroxylation is 1. The van der Waals surface area contributed by atoms with Crippen LogP contribution in [0.5, 0.6) is 5.75 Å². The molecule has 0 aliphatic carbocycles. The van der Waals surface area contributed by atoms with E-state index in [1.165, 1.54) is 0 Å². The zero-order valence-electron chi connectivity index (χ0n) is 22.0. The highest BCUT2D eigenvalue weighted by Gasteiger charge is 2.24. The Kier molecular flexibility index (Phi) is 6.58. The van der Waals surface area contributed by atoms with Crippen LogP contribution in [0.15, 0.2) is 79.1 Å². The van der Waals surface area contributed by atoms with Crippen LogP contribution in [0.25, 0.3) is 16.7 Å². The van der Waals surface area contributed by atoms with Crippen molar-refractivity contribution in [1.82, 2.24) is 29.2 Å². The fraction of sp³-hybridized carbons (Fsp3) is 0.241. The van der Waals surface area contributed by atoms with Gasteiger partial charge in [0.15, 0.2) is 0 Å². The molecular formula is C29H30N8O2. The Morgan fingerprint density at radius 1 is 0.974 bits per heavy atom. The third kappa shape index (κ3) is 5.00. The molecule has 2 aromatic heterocycles. The fourth-order valence-corrected chi connectivity index (χ4v) is 4.95. The summed E-state index contributed by atoms with van der Waals surface area (Å²) < 4.78 is 9.42. The first-order valence-electron chi connectivity index (χ1n) is 13.0. The van der Waals surface area contributed by atoms with Crippen molar-refractivity contribution in [3.63, 3.8) is 0 Å². The number of nitrogens with zero attached hydrogens (tertiary/aromatic N) is 7. The van der Waals surface area contributed by atoms with Crippen LogP contribution < -0.4 is 15.0 Å². The number of ether oxygens (including phenoxy) is 1. The minimum absolute atomic E-state index is 0.145. The second-order valence-electron chi connectivity index (χ2n) is 9.49. The molecule has 1 saturated heterocycles. The Balaban J connectivity index is 1.15. The standard InChI is InChI=1S/C29H30N8O2/c1-21-30-20-37(33-21)26-13-12-23(18-27(26)39-2)34-14-16-35(17-15-34)29(38)32-28-31-24-10-6-7-11-25(24)36(28)19-22-8-4-3-5-9-22/h3-13,18,20H,14-17,19H2,1-2H3,(H,31,32,38). The van der Waals surface area contributed by atoms with E-state index in [1.807, 2.05) is 66.4 Å². The molecule has 3 heterocycles. The first kappa shape index (κ1) is 24.5. The highest BCUT2D eigenvalue weighted by atomic mass is 16.5. The molecule has 3 aromatic carbocycles. The van der Waals surface area contributed by atoms with E-state index in [9.17, 15) is 4.79 Å². The number of urea groups is 1. The van der Waals surface area contributed by atoms with Crippen LogP contribution in [0.2, 0.25) is 0 Å². The first-order valence-corrected chi connectivity index (χ1v) is 13.0. The lowest BCUT2D eigenvalue weighted by Gasteiger charge is -2.36. The number of amides is 2. The number of aromatic nitrogens is 5. The predicted molar refractivity (Wildman–Crippen MR) is 151 cm³/mol. The normalized spacial score (nSPS) is 13.6. The van der Waals surface area contributed by atoms with E-state index in [0.29, 0.717) is 44.5 Å². The molecular weight excluding hydrogens is 492 g/mol. The smallest absolute Gasteiger partial charge is 0.324 e. The minimum atomic E-state index is -0.145. The van der Waals surface area contributed by atoms with Crippen molar-refractivity contribution < 1.29 is 9.53 Å². The lowest BCUT2D eigenvalue weighted by Crippen LogP contribution is -2.50. The van der Waals surface area contributed by atoms with Crippen molar-refractivity contribution in [3.8, 4) is 11.4 Å². The van der Waals surface area contributed by atoms with E-state index in [2.05, 4.69) is 43.1 Å². The SMILES string of the molecule is COc1cc(N2CCN(C(=O)Nc3nc4ccccc4n3Cc3ccccc3)CC2)ccc1-n1cnc(C)n1. The third-order valence-corrected chi connectivity index (χ3v) is 7.01.